The molecule has 2 aromatic carbocycles. The smallest absolute Gasteiger partial charge is 0.339 e. The number of para-hydroxylation sites is 1. The van der Waals surface area contributed by atoms with Crippen molar-refractivity contribution in [3.05, 3.63) is 59.7 Å². The Labute approximate surface area is 125 Å². The summed E-state index contributed by atoms with van der Waals surface area (Å²) in [4.78, 5) is 11.1. The highest BCUT2D eigenvalue weighted by Gasteiger charge is 2.20. The number of rotatable bonds is 4. The topological polar surface area (TPSA) is 72.5 Å². The molecule has 22 heavy (non-hydrogen) atoms. The molecule has 1 N–H and O–H groups in total. The molecule has 0 radical (unpaired) electrons. The number of hydrogen-bond acceptors (Lipinski definition) is 4. The molecule has 0 unspecified atom stereocenters. The van der Waals surface area contributed by atoms with Gasteiger partial charge in [0.15, 0.2) is 11.6 Å². The van der Waals surface area contributed by atoms with Crippen molar-refractivity contribution in [2.24, 2.45) is 0 Å². The predicted molar refractivity (Wildman–Crippen MR) is 74.9 cm³/mol. The molecule has 0 fully saturated rings. The van der Waals surface area contributed by atoms with Crippen LogP contribution in [0.25, 0.3) is 0 Å². The third-order valence-electron chi connectivity index (χ3n) is 2.78. The van der Waals surface area contributed by atoms with Gasteiger partial charge in [-0.2, -0.15) is 0 Å². The van der Waals surface area contributed by atoms with E-state index in [4.69, 9.17) is 0 Å². The van der Waals surface area contributed by atoms with Crippen molar-refractivity contribution in [1.29, 1.82) is 0 Å². The van der Waals surface area contributed by atoms with Crippen molar-refractivity contribution in [2.75, 3.05) is 11.8 Å². The van der Waals surface area contributed by atoms with Gasteiger partial charge in [0.05, 0.1) is 23.3 Å². The van der Waals surface area contributed by atoms with Crippen LogP contribution in [0.1, 0.15) is 10.4 Å². The largest absolute Gasteiger partial charge is 0.465 e. The Morgan fingerprint density at radius 3 is 2.41 bits per heavy atom. The van der Waals surface area contributed by atoms with Crippen LogP contribution < -0.4 is 4.72 Å². The van der Waals surface area contributed by atoms with Gasteiger partial charge in [0.1, 0.15) is 0 Å². The van der Waals surface area contributed by atoms with E-state index < -0.39 is 32.5 Å². The van der Waals surface area contributed by atoms with Gasteiger partial charge >= 0.3 is 5.97 Å². The number of nitrogens with one attached hydrogen (secondary N) is 1. The zero-order valence-electron chi connectivity index (χ0n) is 11.3. The van der Waals surface area contributed by atoms with Crippen molar-refractivity contribution in [3.63, 3.8) is 0 Å². The normalized spacial score (nSPS) is 11.0. The second-order valence-electron chi connectivity index (χ2n) is 4.22. The second kappa shape index (κ2) is 6.10. The molecule has 116 valence electrons. The first-order valence-corrected chi connectivity index (χ1v) is 7.48. The van der Waals surface area contributed by atoms with E-state index in [0.717, 1.165) is 13.2 Å². The fourth-order valence-corrected chi connectivity index (χ4v) is 2.80. The van der Waals surface area contributed by atoms with Gasteiger partial charge in [0.25, 0.3) is 10.0 Å². The molecule has 0 spiro atoms. The number of carbonyl (C=O) groups is 1. The number of halogens is 2. The number of methoxy groups -OCH3 is 1. The first-order valence-electron chi connectivity index (χ1n) is 6.00. The summed E-state index contributed by atoms with van der Waals surface area (Å²) >= 11 is 0. The van der Waals surface area contributed by atoms with E-state index in [1.165, 1.54) is 24.3 Å². The number of carbonyl (C=O) groups excluding carboxylic acids is 1. The van der Waals surface area contributed by atoms with E-state index in [1.54, 1.807) is 0 Å². The molecule has 0 aliphatic rings. The van der Waals surface area contributed by atoms with Crippen molar-refractivity contribution < 1.29 is 26.7 Å². The van der Waals surface area contributed by atoms with Gasteiger partial charge in [-0.15, -0.1) is 0 Å². The summed E-state index contributed by atoms with van der Waals surface area (Å²) in [7, 11) is -3.03. The zero-order chi connectivity index (χ0) is 16.3. The fourth-order valence-electron chi connectivity index (χ4n) is 1.71. The summed E-state index contributed by atoms with van der Waals surface area (Å²) in [6.07, 6.45) is 0. The first-order chi connectivity index (χ1) is 10.3. The number of anilines is 1. The van der Waals surface area contributed by atoms with Crippen LogP contribution in [0.4, 0.5) is 14.5 Å². The minimum atomic E-state index is -4.18. The number of esters is 1. The van der Waals surface area contributed by atoms with Crippen molar-refractivity contribution in [2.45, 2.75) is 4.90 Å². The van der Waals surface area contributed by atoms with E-state index >= 15 is 0 Å². The Balaban J connectivity index is 2.41. The molecule has 0 aliphatic carbocycles. The highest BCUT2D eigenvalue weighted by atomic mass is 32.2. The molecular formula is C14H11F2NO4S. The van der Waals surface area contributed by atoms with Gasteiger partial charge < -0.3 is 4.74 Å². The Hall–Kier alpha value is -2.48. The lowest BCUT2D eigenvalue weighted by Gasteiger charge is -2.11. The molecule has 0 aromatic heterocycles. The maximum absolute atomic E-state index is 13.2. The zero-order valence-corrected chi connectivity index (χ0v) is 12.2. The van der Waals surface area contributed by atoms with Crippen LogP contribution >= 0.6 is 0 Å². The lowest BCUT2D eigenvalue weighted by molar-refractivity contribution is 0.0602. The van der Waals surface area contributed by atoms with Gasteiger partial charge in [-0.3, -0.25) is 4.72 Å². The van der Waals surface area contributed by atoms with Gasteiger partial charge in [0.2, 0.25) is 0 Å². The molecule has 0 saturated heterocycles. The summed E-state index contributed by atoms with van der Waals surface area (Å²) in [5.74, 6) is -3.18. The first kappa shape index (κ1) is 15.9. The summed E-state index contributed by atoms with van der Waals surface area (Å²) in [5, 5.41) is 0. The van der Waals surface area contributed by atoms with E-state index in [1.807, 2.05) is 0 Å². The van der Waals surface area contributed by atoms with E-state index in [2.05, 4.69) is 9.46 Å². The Kier molecular flexibility index (Phi) is 4.41. The van der Waals surface area contributed by atoms with Crippen LogP contribution in [0.2, 0.25) is 0 Å². The van der Waals surface area contributed by atoms with Gasteiger partial charge in [0, 0.05) is 0 Å². The molecule has 0 amide bonds. The summed E-state index contributed by atoms with van der Waals surface area (Å²) < 4.78 is 57.1. The maximum atomic E-state index is 13.2. The van der Waals surface area contributed by atoms with Crippen LogP contribution in [0.5, 0.6) is 0 Å². The average molecular weight is 327 g/mol. The quantitative estimate of drug-likeness (QED) is 0.876. The van der Waals surface area contributed by atoms with Gasteiger partial charge in [-0.25, -0.2) is 22.0 Å². The molecule has 0 bridgehead atoms. The van der Waals surface area contributed by atoms with Crippen LogP contribution in [-0.2, 0) is 14.8 Å². The molecule has 5 nitrogen and oxygen atoms in total. The molecular weight excluding hydrogens is 316 g/mol. The Morgan fingerprint density at radius 1 is 1.09 bits per heavy atom. The number of sulfonamides is 1. The maximum Gasteiger partial charge on any atom is 0.339 e. The monoisotopic (exact) mass is 327 g/mol. The summed E-state index contributed by atoms with van der Waals surface area (Å²) in [6, 6.07) is 7.94. The summed E-state index contributed by atoms with van der Waals surface area (Å²) in [5.41, 5.74) is -0.0322. The van der Waals surface area contributed by atoms with Crippen molar-refractivity contribution in [1.82, 2.24) is 0 Å². The van der Waals surface area contributed by atoms with Crippen LogP contribution in [-0.4, -0.2) is 21.5 Å². The van der Waals surface area contributed by atoms with Gasteiger partial charge in [-0.05, 0) is 30.3 Å². The SMILES string of the molecule is COC(=O)c1ccccc1NS(=O)(=O)c1ccc(F)c(F)c1. The highest BCUT2D eigenvalue weighted by molar-refractivity contribution is 7.92. The number of benzene rings is 2. The van der Waals surface area contributed by atoms with Gasteiger partial charge in [-0.1, -0.05) is 12.1 Å². The van der Waals surface area contributed by atoms with Crippen molar-refractivity contribution >= 4 is 21.7 Å². The third-order valence-corrected chi connectivity index (χ3v) is 4.14. The lowest BCUT2D eigenvalue weighted by Crippen LogP contribution is -2.16. The van der Waals surface area contributed by atoms with Crippen LogP contribution in [0, 0.1) is 11.6 Å². The predicted octanol–water partition coefficient (Wildman–Crippen LogP) is 2.55. The molecule has 8 heteroatoms. The average Bonchev–Trinajstić information content (AvgIpc) is 2.49. The van der Waals surface area contributed by atoms with E-state index in [-0.39, 0.29) is 11.3 Å². The van der Waals surface area contributed by atoms with Crippen molar-refractivity contribution in [3.8, 4) is 0 Å². The molecule has 0 saturated carbocycles. The molecule has 0 heterocycles. The summed E-state index contributed by atoms with van der Waals surface area (Å²) in [6.45, 7) is 0. The lowest BCUT2D eigenvalue weighted by atomic mass is 10.2. The van der Waals surface area contributed by atoms with Crippen LogP contribution in [0.15, 0.2) is 47.4 Å². The number of hydrogen-bond donors (Lipinski definition) is 1. The molecule has 2 aromatic rings. The fraction of sp³-hybridized carbons (Fsp3) is 0.0714. The molecule has 2 rings (SSSR count). The minimum absolute atomic E-state index is 0.00356. The third kappa shape index (κ3) is 3.22. The number of ether oxygens (including phenoxy) is 1. The Morgan fingerprint density at radius 2 is 1.77 bits per heavy atom. The van der Waals surface area contributed by atoms with E-state index in [9.17, 15) is 22.0 Å². The molecule has 0 atom stereocenters. The Bertz CT molecular complexity index is 821. The minimum Gasteiger partial charge on any atom is -0.465 e. The standard InChI is InChI=1S/C14H11F2NO4S/c1-21-14(18)10-4-2-3-5-13(10)17-22(19,20)9-6-7-11(15)12(16)8-9/h2-8,17H,1H3. The second-order valence-corrected chi connectivity index (χ2v) is 5.90. The van der Waals surface area contributed by atoms with Crippen LogP contribution in [0.3, 0.4) is 0 Å². The molecule has 0 aliphatic heterocycles. The highest BCUT2D eigenvalue weighted by Crippen LogP contribution is 2.21. The van der Waals surface area contributed by atoms with E-state index in [0.29, 0.717) is 12.1 Å².